The zero-order valence-electron chi connectivity index (χ0n) is 8.73. The summed E-state index contributed by atoms with van der Waals surface area (Å²) in [5, 5.41) is 3.26. The lowest BCUT2D eigenvalue weighted by atomic mass is 10.3. The van der Waals surface area contributed by atoms with Gasteiger partial charge in [-0.3, -0.25) is 4.98 Å². The van der Waals surface area contributed by atoms with Gasteiger partial charge in [-0.05, 0) is 40.2 Å². The summed E-state index contributed by atoms with van der Waals surface area (Å²) in [6.45, 7) is 0.826. The van der Waals surface area contributed by atoms with E-state index in [0.29, 0.717) is 0 Å². The Morgan fingerprint density at radius 3 is 2.69 bits per heavy atom. The van der Waals surface area contributed by atoms with Crippen LogP contribution in [0, 0.1) is 0 Å². The third-order valence-electron chi connectivity index (χ3n) is 2.16. The maximum Gasteiger partial charge on any atom is 0.140 e. The minimum atomic E-state index is 0.826. The monoisotopic (exact) mass is 277 g/mol. The molecule has 0 aliphatic heterocycles. The van der Waals surface area contributed by atoms with Crippen LogP contribution in [0.25, 0.3) is 0 Å². The van der Waals surface area contributed by atoms with Gasteiger partial charge in [0.1, 0.15) is 5.82 Å². The molecule has 0 fully saturated rings. The molecular weight excluding hydrogens is 266 g/mol. The molecule has 0 spiro atoms. The van der Waals surface area contributed by atoms with E-state index in [9.17, 15) is 0 Å². The fraction of sp³-hybridized carbons (Fsp3) is 0.167. The smallest absolute Gasteiger partial charge is 0.140 e. The molecular formula is C12H12BrN3. The summed E-state index contributed by atoms with van der Waals surface area (Å²) in [6.07, 6.45) is 4.48. The largest absolute Gasteiger partial charge is 0.369 e. The summed E-state index contributed by atoms with van der Waals surface area (Å²) in [6, 6.07) is 9.81. The minimum Gasteiger partial charge on any atom is -0.369 e. The van der Waals surface area contributed by atoms with Gasteiger partial charge in [-0.1, -0.05) is 6.07 Å². The predicted octanol–water partition coefficient (Wildman–Crippen LogP) is 2.89. The molecule has 16 heavy (non-hydrogen) atoms. The average Bonchev–Trinajstić information content (AvgIpc) is 2.33. The van der Waals surface area contributed by atoms with Gasteiger partial charge in [0, 0.05) is 31.1 Å². The molecule has 82 valence electrons. The Kier molecular flexibility index (Phi) is 3.88. The standard InChI is InChI=1S/C12H12BrN3/c13-11-5-3-8-15-12(11)16-9-6-10-4-1-2-7-14-10/h1-5,7-8H,6,9H2,(H,15,16). The molecule has 2 heterocycles. The van der Waals surface area contributed by atoms with Crippen molar-refractivity contribution in [1.29, 1.82) is 0 Å². The maximum absolute atomic E-state index is 4.26. The molecule has 0 aromatic carbocycles. The summed E-state index contributed by atoms with van der Waals surface area (Å²) < 4.78 is 0.982. The van der Waals surface area contributed by atoms with Gasteiger partial charge in [0.2, 0.25) is 0 Å². The highest BCUT2D eigenvalue weighted by Crippen LogP contribution is 2.17. The second kappa shape index (κ2) is 5.61. The van der Waals surface area contributed by atoms with Gasteiger partial charge < -0.3 is 5.32 Å². The summed E-state index contributed by atoms with van der Waals surface area (Å²) in [5.74, 6) is 0.874. The zero-order valence-corrected chi connectivity index (χ0v) is 10.3. The van der Waals surface area contributed by atoms with Crippen LogP contribution in [0.15, 0.2) is 47.2 Å². The highest BCUT2D eigenvalue weighted by Gasteiger charge is 1.99. The van der Waals surface area contributed by atoms with Crippen molar-refractivity contribution < 1.29 is 0 Å². The number of rotatable bonds is 4. The second-order valence-corrected chi connectivity index (χ2v) is 4.19. The van der Waals surface area contributed by atoms with E-state index in [1.165, 1.54) is 0 Å². The molecule has 0 amide bonds. The van der Waals surface area contributed by atoms with Crippen molar-refractivity contribution >= 4 is 21.7 Å². The van der Waals surface area contributed by atoms with Crippen molar-refractivity contribution in [1.82, 2.24) is 9.97 Å². The molecule has 0 aliphatic carbocycles. The fourth-order valence-electron chi connectivity index (χ4n) is 1.37. The van der Waals surface area contributed by atoms with E-state index in [4.69, 9.17) is 0 Å². The molecule has 2 aromatic heterocycles. The van der Waals surface area contributed by atoms with Crippen LogP contribution in [0.3, 0.4) is 0 Å². The zero-order chi connectivity index (χ0) is 11.2. The normalized spacial score (nSPS) is 10.1. The Hall–Kier alpha value is -1.42. The lowest BCUT2D eigenvalue weighted by molar-refractivity contribution is 0.952. The van der Waals surface area contributed by atoms with Gasteiger partial charge in [-0.15, -0.1) is 0 Å². The first-order valence-electron chi connectivity index (χ1n) is 5.10. The average molecular weight is 278 g/mol. The molecule has 2 rings (SSSR count). The van der Waals surface area contributed by atoms with Crippen LogP contribution in [0.4, 0.5) is 5.82 Å². The van der Waals surface area contributed by atoms with E-state index in [1.54, 1.807) is 6.20 Å². The summed E-state index contributed by atoms with van der Waals surface area (Å²) in [5.41, 5.74) is 1.09. The Balaban J connectivity index is 1.87. The van der Waals surface area contributed by atoms with E-state index in [2.05, 4.69) is 31.2 Å². The van der Waals surface area contributed by atoms with E-state index in [-0.39, 0.29) is 0 Å². The third-order valence-corrected chi connectivity index (χ3v) is 2.80. The number of nitrogens with one attached hydrogen (secondary N) is 1. The molecule has 4 heteroatoms. The van der Waals surface area contributed by atoms with Gasteiger partial charge >= 0.3 is 0 Å². The molecule has 0 saturated heterocycles. The maximum atomic E-state index is 4.26. The number of anilines is 1. The van der Waals surface area contributed by atoms with Crippen LogP contribution in [0.5, 0.6) is 0 Å². The minimum absolute atomic E-state index is 0.826. The molecule has 0 unspecified atom stereocenters. The molecule has 1 N–H and O–H groups in total. The molecule has 0 atom stereocenters. The fourth-order valence-corrected chi connectivity index (χ4v) is 1.77. The lowest BCUT2D eigenvalue weighted by Gasteiger charge is -2.06. The number of hydrogen-bond donors (Lipinski definition) is 1. The molecule has 0 bridgehead atoms. The number of pyridine rings is 2. The Bertz CT molecular complexity index is 445. The highest BCUT2D eigenvalue weighted by molar-refractivity contribution is 9.10. The van der Waals surface area contributed by atoms with E-state index in [1.807, 2.05) is 36.5 Å². The van der Waals surface area contributed by atoms with Crippen molar-refractivity contribution in [3.63, 3.8) is 0 Å². The van der Waals surface area contributed by atoms with Crippen molar-refractivity contribution in [2.45, 2.75) is 6.42 Å². The first-order valence-corrected chi connectivity index (χ1v) is 5.90. The summed E-state index contributed by atoms with van der Waals surface area (Å²) in [7, 11) is 0. The Morgan fingerprint density at radius 1 is 1.06 bits per heavy atom. The summed E-state index contributed by atoms with van der Waals surface area (Å²) in [4.78, 5) is 8.49. The molecule has 0 saturated carbocycles. The van der Waals surface area contributed by atoms with Crippen molar-refractivity contribution in [3.05, 3.63) is 52.9 Å². The van der Waals surface area contributed by atoms with Crippen LogP contribution in [-0.4, -0.2) is 16.5 Å². The van der Waals surface area contributed by atoms with Gasteiger partial charge in [0.05, 0.1) is 4.47 Å². The highest BCUT2D eigenvalue weighted by atomic mass is 79.9. The molecule has 0 aliphatic rings. The number of aromatic nitrogens is 2. The first kappa shape index (κ1) is 11.1. The van der Waals surface area contributed by atoms with E-state index in [0.717, 1.165) is 29.0 Å². The molecule has 2 aromatic rings. The van der Waals surface area contributed by atoms with Gasteiger partial charge in [0.15, 0.2) is 0 Å². The second-order valence-electron chi connectivity index (χ2n) is 3.33. The first-order chi connectivity index (χ1) is 7.86. The van der Waals surface area contributed by atoms with Crippen LogP contribution < -0.4 is 5.32 Å². The van der Waals surface area contributed by atoms with Crippen molar-refractivity contribution in [3.8, 4) is 0 Å². The topological polar surface area (TPSA) is 37.8 Å². The lowest BCUT2D eigenvalue weighted by Crippen LogP contribution is -2.07. The van der Waals surface area contributed by atoms with Crippen LogP contribution in [0.1, 0.15) is 5.69 Å². The van der Waals surface area contributed by atoms with Gasteiger partial charge in [-0.2, -0.15) is 0 Å². The predicted molar refractivity (Wildman–Crippen MR) is 68.4 cm³/mol. The van der Waals surface area contributed by atoms with Crippen molar-refractivity contribution in [2.75, 3.05) is 11.9 Å². The summed E-state index contributed by atoms with van der Waals surface area (Å²) >= 11 is 3.44. The molecule has 3 nitrogen and oxygen atoms in total. The van der Waals surface area contributed by atoms with Crippen LogP contribution in [-0.2, 0) is 6.42 Å². The van der Waals surface area contributed by atoms with Crippen molar-refractivity contribution in [2.24, 2.45) is 0 Å². The van der Waals surface area contributed by atoms with E-state index >= 15 is 0 Å². The van der Waals surface area contributed by atoms with E-state index < -0.39 is 0 Å². The number of halogens is 1. The molecule has 0 radical (unpaired) electrons. The number of hydrogen-bond acceptors (Lipinski definition) is 3. The third kappa shape index (κ3) is 3.03. The van der Waals surface area contributed by atoms with Gasteiger partial charge in [0.25, 0.3) is 0 Å². The number of nitrogens with zero attached hydrogens (tertiary/aromatic N) is 2. The Labute approximate surface area is 103 Å². The van der Waals surface area contributed by atoms with Crippen LogP contribution >= 0.6 is 15.9 Å². The quantitative estimate of drug-likeness (QED) is 0.934. The SMILES string of the molecule is Brc1cccnc1NCCc1ccccn1. The van der Waals surface area contributed by atoms with Crippen LogP contribution in [0.2, 0.25) is 0 Å². The Morgan fingerprint density at radius 2 is 1.94 bits per heavy atom. The van der Waals surface area contributed by atoms with Gasteiger partial charge in [-0.25, -0.2) is 4.98 Å².